The lowest BCUT2D eigenvalue weighted by Gasteiger charge is -2.35. The van der Waals surface area contributed by atoms with E-state index in [9.17, 15) is 32.3 Å². The van der Waals surface area contributed by atoms with Gasteiger partial charge in [0.2, 0.25) is 5.91 Å². The molecule has 1 aliphatic heterocycles. The van der Waals surface area contributed by atoms with Gasteiger partial charge in [-0.15, -0.1) is 0 Å². The maximum Gasteiger partial charge on any atom is 0.471 e. The average Bonchev–Trinajstić information content (AvgIpc) is 3.15. The Hall–Kier alpha value is -5.65. The van der Waals surface area contributed by atoms with Crippen molar-refractivity contribution in [3.8, 4) is 16.9 Å². The minimum Gasteiger partial charge on any atom is -0.491 e. The van der Waals surface area contributed by atoms with Gasteiger partial charge in [0.25, 0.3) is 11.8 Å². The van der Waals surface area contributed by atoms with E-state index in [1.54, 1.807) is 37.4 Å². The van der Waals surface area contributed by atoms with Gasteiger partial charge >= 0.3 is 12.1 Å². The molecule has 278 valence electrons. The average molecular weight is 729 g/mol. The summed E-state index contributed by atoms with van der Waals surface area (Å²) in [6, 6.07) is 27.7. The number of piperazine rings is 1. The van der Waals surface area contributed by atoms with Crippen molar-refractivity contribution in [2.75, 3.05) is 50.1 Å². The van der Waals surface area contributed by atoms with Gasteiger partial charge in [-0.2, -0.15) is 13.2 Å². The predicted molar refractivity (Wildman–Crippen MR) is 198 cm³/mol. The molecular weight excluding hydrogens is 685 g/mol. The molecule has 1 saturated heterocycles. The number of ether oxygens (including phenoxy) is 1. The zero-order chi connectivity index (χ0) is 38.1. The number of hydrogen-bond acceptors (Lipinski definition) is 5. The smallest absolute Gasteiger partial charge is 0.471 e. The molecule has 0 bridgehead atoms. The molecule has 53 heavy (non-hydrogen) atoms. The molecule has 5 rings (SSSR count). The summed E-state index contributed by atoms with van der Waals surface area (Å²) in [6.45, 7) is 4.18. The second-order valence-electron chi connectivity index (χ2n) is 13.1. The van der Waals surface area contributed by atoms with Crippen molar-refractivity contribution >= 4 is 35.0 Å². The molecule has 0 atom stereocenters. The van der Waals surface area contributed by atoms with E-state index in [1.165, 1.54) is 9.80 Å². The fourth-order valence-corrected chi connectivity index (χ4v) is 6.11. The van der Waals surface area contributed by atoms with Crippen molar-refractivity contribution in [1.82, 2.24) is 9.80 Å². The summed E-state index contributed by atoms with van der Waals surface area (Å²) in [5.74, 6) is -2.00. The lowest BCUT2D eigenvalue weighted by molar-refractivity contribution is -0.187. The number of aryl methyl sites for hydroxylation is 2. The van der Waals surface area contributed by atoms with Crippen molar-refractivity contribution in [2.24, 2.45) is 0 Å². The molecular formula is C41H43F3N4O5. The van der Waals surface area contributed by atoms with Crippen LogP contribution >= 0.6 is 0 Å². The third-order valence-corrected chi connectivity index (χ3v) is 9.16. The number of benzene rings is 4. The van der Waals surface area contributed by atoms with Crippen molar-refractivity contribution in [3.05, 3.63) is 113 Å². The molecule has 0 radical (unpaired) electrons. The number of carbonyl (C=O) groups is 4. The van der Waals surface area contributed by atoms with Gasteiger partial charge in [0, 0.05) is 56.5 Å². The van der Waals surface area contributed by atoms with Crippen LogP contribution in [0.3, 0.4) is 0 Å². The summed E-state index contributed by atoms with van der Waals surface area (Å²) in [7, 11) is 1.67. The Kier molecular flexibility index (Phi) is 12.6. The topological polar surface area (TPSA) is 99.3 Å². The molecule has 4 aromatic rings. The van der Waals surface area contributed by atoms with Gasteiger partial charge in [-0.25, -0.2) is 0 Å². The number of carbonyl (C=O) groups excluding carboxylic acids is 4. The third-order valence-electron chi connectivity index (χ3n) is 9.16. The van der Waals surface area contributed by atoms with Gasteiger partial charge in [0.15, 0.2) is 0 Å². The Balaban J connectivity index is 1.10. The van der Waals surface area contributed by atoms with E-state index in [2.05, 4.69) is 5.32 Å². The first-order chi connectivity index (χ1) is 25.3. The lowest BCUT2D eigenvalue weighted by atomic mass is 9.98. The van der Waals surface area contributed by atoms with Gasteiger partial charge in [-0.1, -0.05) is 54.1 Å². The summed E-state index contributed by atoms with van der Waals surface area (Å²) >= 11 is 0. The van der Waals surface area contributed by atoms with Gasteiger partial charge in [0.1, 0.15) is 5.75 Å². The van der Waals surface area contributed by atoms with E-state index in [0.717, 1.165) is 27.2 Å². The number of halogens is 3. The van der Waals surface area contributed by atoms with Crippen molar-refractivity contribution in [1.29, 1.82) is 0 Å². The van der Waals surface area contributed by atoms with Crippen LogP contribution in [-0.2, 0) is 9.59 Å². The molecule has 0 aliphatic carbocycles. The Labute approximate surface area is 307 Å². The molecule has 0 saturated carbocycles. The minimum atomic E-state index is -4.91. The number of amides is 4. The highest BCUT2D eigenvalue weighted by atomic mass is 19.4. The quantitative estimate of drug-likeness (QED) is 0.151. The SMILES string of the molecule is Cc1ccc(-c2ccccc2C(=O)Nc2ccc(C(=O)N(C)c3ccc(C)cc3OCCCCCC(=O)N3CCN(C(=O)C(F)(F)F)CC3)cc2)cc1. The maximum atomic E-state index is 13.5. The van der Waals surface area contributed by atoms with Crippen molar-refractivity contribution < 1.29 is 37.1 Å². The van der Waals surface area contributed by atoms with Crippen LogP contribution in [0, 0.1) is 13.8 Å². The molecule has 4 amide bonds. The van der Waals surface area contributed by atoms with Crippen LogP contribution in [0.1, 0.15) is 57.5 Å². The van der Waals surface area contributed by atoms with E-state index in [-0.39, 0.29) is 50.3 Å². The summed E-state index contributed by atoms with van der Waals surface area (Å²) in [5.41, 5.74) is 5.95. The summed E-state index contributed by atoms with van der Waals surface area (Å²) in [6.07, 6.45) is -2.74. The summed E-state index contributed by atoms with van der Waals surface area (Å²) in [4.78, 5) is 54.6. The molecule has 0 spiro atoms. The van der Waals surface area contributed by atoms with E-state index in [4.69, 9.17) is 4.74 Å². The van der Waals surface area contributed by atoms with Crippen LogP contribution in [0.15, 0.2) is 91.0 Å². The van der Waals surface area contributed by atoms with Gasteiger partial charge in [-0.3, -0.25) is 19.2 Å². The lowest BCUT2D eigenvalue weighted by Crippen LogP contribution is -2.53. The molecule has 12 heteroatoms. The van der Waals surface area contributed by atoms with Gasteiger partial charge in [-0.05, 0) is 92.3 Å². The number of alkyl halides is 3. The number of hydrogen-bond donors (Lipinski definition) is 1. The fourth-order valence-electron chi connectivity index (χ4n) is 6.11. The summed E-state index contributed by atoms with van der Waals surface area (Å²) < 4.78 is 44.1. The highest BCUT2D eigenvalue weighted by molar-refractivity contribution is 6.09. The first-order valence-electron chi connectivity index (χ1n) is 17.5. The number of rotatable bonds is 12. The Bertz CT molecular complexity index is 1920. The number of nitrogens with one attached hydrogen (secondary N) is 1. The third kappa shape index (κ3) is 10.0. The van der Waals surface area contributed by atoms with Crippen LogP contribution < -0.4 is 15.0 Å². The van der Waals surface area contributed by atoms with Crippen LogP contribution in [-0.4, -0.2) is 79.4 Å². The Morgan fingerprint density at radius 2 is 1.42 bits per heavy atom. The highest BCUT2D eigenvalue weighted by Crippen LogP contribution is 2.31. The monoisotopic (exact) mass is 728 g/mol. The normalized spacial score (nSPS) is 13.0. The van der Waals surface area contributed by atoms with Crippen LogP contribution in [0.25, 0.3) is 11.1 Å². The molecule has 9 nitrogen and oxygen atoms in total. The molecule has 0 aromatic heterocycles. The Morgan fingerprint density at radius 3 is 2.09 bits per heavy atom. The van der Waals surface area contributed by atoms with Crippen LogP contribution in [0.5, 0.6) is 5.75 Å². The van der Waals surface area contributed by atoms with Crippen LogP contribution in [0.2, 0.25) is 0 Å². The van der Waals surface area contributed by atoms with Crippen LogP contribution in [0.4, 0.5) is 24.5 Å². The van der Waals surface area contributed by atoms with Crippen molar-refractivity contribution in [2.45, 2.75) is 45.7 Å². The highest BCUT2D eigenvalue weighted by Gasteiger charge is 2.43. The maximum absolute atomic E-state index is 13.5. The first kappa shape index (κ1) is 38.6. The summed E-state index contributed by atoms with van der Waals surface area (Å²) in [5, 5.41) is 2.94. The second kappa shape index (κ2) is 17.2. The van der Waals surface area contributed by atoms with Gasteiger partial charge < -0.3 is 24.8 Å². The molecule has 1 heterocycles. The second-order valence-corrected chi connectivity index (χ2v) is 13.1. The molecule has 1 fully saturated rings. The van der Waals surface area contributed by atoms with Crippen molar-refractivity contribution in [3.63, 3.8) is 0 Å². The van der Waals surface area contributed by atoms with Gasteiger partial charge in [0.05, 0.1) is 12.3 Å². The first-order valence-corrected chi connectivity index (χ1v) is 17.5. The van der Waals surface area contributed by atoms with E-state index in [0.29, 0.717) is 54.1 Å². The predicted octanol–water partition coefficient (Wildman–Crippen LogP) is 7.67. The molecule has 1 N–H and O–H groups in total. The largest absolute Gasteiger partial charge is 0.491 e. The zero-order valence-corrected chi connectivity index (χ0v) is 30.0. The number of anilines is 2. The molecule has 1 aliphatic rings. The Morgan fingerprint density at radius 1 is 0.774 bits per heavy atom. The van der Waals surface area contributed by atoms with E-state index >= 15 is 0 Å². The number of nitrogens with zero attached hydrogens (tertiary/aromatic N) is 3. The zero-order valence-electron chi connectivity index (χ0n) is 30.0. The molecule has 0 unspecified atom stereocenters. The van der Waals surface area contributed by atoms with E-state index < -0.39 is 12.1 Å². The fraction of sp³-hybridized carbons (Fsp3) is 0.317. The van der Waals surface area contributed by atoms with E-state index in [1.807, 2.05) is 74.5 Å². The molecule has 4 aromatic carbocycles. The minimum absolute atomic E-state index is 0.0802. The number of unbranched alkanes of at least 4 members (excludes halogenated alkanes) is 2. The standard InChI is InChI=1S/C41H43F3N4O5/c1-28-12-15-30(16-13-28)33-9-6-7-10-34(33)38(50)45-32-19-17-31(18-20-32)39(51)46(3)35-21-14-29(2)27-36(35)53-26-8-4-5-11-37(49)47-22-24-48(25-23-47)40(52)41(42,43)44/h6-7,9-10,12-21,27H,4-5,8,11,22-26H2,1-3H3,(H,45,50).